The van der Waals surface area contributed by atoms with Crippen LogP contribution in [0.4, 0.5) is 0 Å². The number of nitrogens with zero attached hydrogens (tertiary/aromatic N) is 1. The Balaban J connectivity index is 1.95. The zero-order valence-corrected chi connectivity index (χ0v) is 9.25. The molecule has 1 heterocycles. The van der Waals surface area contributed by atoms with E-state index in [1.54, 1.807) is 6.20 Å². The molecule has 1 aliphatic carbocycles. The summed E-state index contributed by atoms with van der Waals surface area (Å²) >= 11 is 3.56. The first-order valence-corrected chi connectivity index (χ1v) is 5.62. The van der Waals surface area contributed by atoms with Gasteiger partial charge in [-0.25, -0.2) is 0 Å². The Kier molecular flexibility index (Phi) is 2.86. The normalized spacial score (nSPS) is 26.4. The fourth-order valence-corrected chi connectivity index (χ4v) is 2.42. The van der Waals surface area contributed by atoms with Gasteiger partial charge in [0.1, 0.15) is 0 Å². The molecule has 2 rings (SSSR count). The van der Waals surface area contributed by atoms with Gasteiger partial charge in [-0.15, -0.1) is 0 Å². The molecule has 0 aromatic carbocycles. The summed E-state index contributed by atoms with van der Waals surface area (Å²) in [5.74, 6) is -0.0462. The maximum atomic E-state index is 11.6. The average molecular weight is 258 g/mol. The van der Waals surface area contributed by atoms with Gasteiger partial charge in [0, 0.05) is 17.1 Å². The van der Waals surface area contributed by atoms with Crippen molar-refractivity contribution in [1.29, 1.82) is 0 Å². The molecule has 0 bridgehead atoms. The topological polar surface area (TPSA) is 57.8 Å². The predicted molar refractivity (Wildman–Crippen MR) is 56.4 cm³/mol. The molecule has 0 spiro atoms. The number of halogens is 1. The Hall–Kier alpha value is -0.840. The standard InChI is InChI=1S/C9H12BrN3O/c10-7-2-1-3-8(7)13-9(14)6-4-11-12-5-6/h4-5,7-8H,1-3H2,(H,11,12)(H,13,14). The van der Waals surface area contributed by atoms with E-state index in [1.165, 1.54) is 12.6 Å². The Morgan fingerprint density at radius 2 is 2.50 bits per heavy atom. The van der Waals surface area contributed by atoms with Gasteiger partial charge in [-0.05, 0) is 12.8 Å². The second kappa shape index (κ2) is 4.13. The van der Waals surface area contributed by atoms with Gasteiger partial charge in [0.05, 0.1) is 11.8 Å². The van der Waals surface area contributed by atoms with Crippen LogP contribution in [0.1, 0.15) is 29.6 Å². The largest absolute Gasteiger partial charge is 0.348 e. The molecule has 2 unspecified atom stereocenters. The average Bonchev–Trinajstić information content (AvgIpc) is 2.77. The quantitative estimate of drug-likeness (QED) is 0.789. The van der Waals surface area contributed by atoms with Crippen LogP contribution in [0, 0.1) is 0 Å². The summed E-state index contributed by atoms with van der Waals surface area (Å²) in [4.78, 5) is 12.0. The number of nitrogens with one attached hydrogen (secondary N) is 2. The number of carbonyl (C=O) groups excluding carboxylic acids is 1. The van der Waals surface area contributed by atoms with Crippen molar-refractivity contribution in [3.63, 3.8) is 0 Å². The lowest BCUT2D eigenvalue weighted by atomic mass is 10.2. The van der Waals surface area contributed by atoms with Crippen molar-refractivity contribution in [2.75, 3.05) is 0 Å². The van der Waals surface area contributed by atoms with Gasteiger partial charge in [0.15, 0.2) is 0 Å². The molecular weight excluding hydrogens is 246 g/mol. The van der Waals surface area contributed by atoms with Gasteiger partial charge >= 0.3 is 0 Å². The van der Waals surface area contributed by atoms with Crippen molar-refractivity contribution >= 4 is 21.8 Å². The van der Waals surface area contributed by atoms with Crippen molar-refractivity contribution in [2.45, 2.75) is 30.1 Å². The summed E-state index contributed by atoms with van der Waals surface area (Å²) in [5, 5.41) is 9.35. The molecule has 76 valence electrons. The molecule has 1 amide bonds. The Labute approximate surface area is 90.6 Å². The zero-order chi connectivity index (χ0) is 9.97. The smallest absolute Gasteiger partial charge is 0.254 e. The third-order valence-electron chi connectivity index (χ3n) is 2.51. The highest BCUT2D eigenvalue weighted by atomic mass is 79.9. The van der Waals surface area contributed by atoms with E-state index in [0.29, 0.717) is 10.4 Å². The van der Waals surface area contributed by atoms with E-state index in [4.69, 9.17) is 0 Å². The Bertz CT molecular complexity index is 312. The molecule has 4 nitrogen and oxygen atoms in total. The molecule has 1 fully saturated rings. The minimum absolute atomic E-state index is 0.0462. The number of rotatable bonds is 2. The third-order valence-corrected chi connectivity index (χ3v) is 3.60. The number of H-pyrrole nitrogens is 1. The van der Waals surface area contributed by atoms with Crippen molar-refractivity contribution < 1.29 is 4.79 Å². The number of amides is 1. The van der Waals surface area contributed by atoms with E-state index in [0.717, 1.165) is 12.8 Å². The number of aromatic nitrogens is 2. The van der Waals surface area contributed by atoms with E-state index in [1.807, 2.05) is 0 Å². The van der Waals surface area contributed by atoms with E-state index in [9.17, 15) is 4.79 Å². The summed E-state index contributed by atoms with van der Waals surface area (Å²) in [6.07, 6.45) is 6.50. The van der Waals surface area contributed by atoms with Crippen molar-refractivity contribution in [2.24, 2.45) is 0 Å². The van der Waals surface area contributed by atoms with Gasteiger partial charge in [-0.1, -0.05) is 22.4 Å². The van der Waals surface area contributed by atoms with Crippen LogP contribution in [0.2, 0.25) is 0 Å². The van der Waals surface area contributed by atoms with Gasteiger partial charge in [-0.2, -0.15) is 5.10 Å². The number of carbonyl (C=O) groups is 1. The first-order chi connectivity index (χ1) is 6.77. The van der Waals surface area contributed by atoms with E-state index >= 15 is 0 Å². The van der Waals surface area contributed by atoms with Crippen LogP contribution >= 0.6 is 15.9 Å². The summed E-state index contributed by atoms with van der Waals surface area (Å²) in [6.45, 7) is 0. The van der Waals surface area contributed by atoms with Crippen molar-refractivity contribution in [3.8, 4) is 0 Å². The highest BCUT2D eigenvalue weighted by Crippen LogP contribution is 2.25. The third kappa shape index (κ3) is 1.97. The van der Waals surface area contributed by atoms with Crippen LogP contribution in [-0.2, 0) is 0 Å². The van der Waals surface area contributed by atoms with E-state index < -0.39 is 0 Å². The van der Waals surface area contributed by atoms with Crippen LogP contribution in [0.25, 0.3) is 0 Å². The summed E-state index contributed by atoms with van der Waals surface area (Å²) in [5.41, 5.74) is 0.594. The van der Waals surface area contributed by atoms with E-state index in [-0.39, 0.29) is 11.9 Å². The molecule has 1 aliphatic rings. The Morgan fingerprint density at radius 3 is 3.07 bits per heavy atom. The van der Waals surface area contributed by atoms with Crippen LogP contribution in [0.3, 0.4) is 0 Å². The molecule has 2 atom stereocenters. The molecule has 1 saturated carbocycles. The van der Waals surface area contributed by atoms with E-state index in [2.05, 4.69) is 31.4 Å². The summed E-state index contributed by atoms with van der Waals surface area (Å²) < 4.78 is 0. The second-order valence-electron chi connectivity index (χ2n) is 3.51. The lowest BCUT2D eigenvalue weighted by molar-refractivity contribution is 0.0939. The molecule has 1 aromatic rings. The van der Waals surface area contributed by atoms with Crippen molar-refractivity contribution in [1.82, 2.24) is 15.5 Å². The van der Waals surface area contributed by atoms with Gasteiger partial charge in [-0.3, -0.25) is 9.89 Å². The molecule has 0 aliphatic heterocycles. The summed E-state index contributed by atoms with van der Waals surface area (Å²) in [6, 6.07) is 0.261. The van der Waals surface area contributed by atoms with Gasteiger partial charge in [0.2, 0.25) is 0 Å². The Morgan fingerprint density at radius 1 is 1.64 bits per heavy atom. The number of aromatic amines is 1. The first-order valence-electron chi connectivity index (χ1n) is 4.71. The molecule has 2 N–H and O–H groups in total. The maximum Gasteiger partial charge on any atom is 0.254 e. The minimum Gasteiger partial charge on any atom is -0.348 e. The second-order valence-corrected chi connectivity index (χ2v) is 4.69. The number of alkyl halides is 1. The maximum absolute atomic E-state index is 11.6. The lowest BCUT2D eigenvalue weighted by Gasteiger charge is -2.15. The SMILES string of the molecule is O=C(NC1CCCC1Br)c1cn[nH]c1. The van der Waals surface area contributed by atoms with Gasteiger partial charge in [0.25, 0.3) is 5.91 Å². The monoisotopic (exact) mass is 257 g/mol. The fraction of sp³-hybridized carbons (Fsp3) is 0.556. The minimum atomic E-state index is -0.0462. The molecule has 1 aromatic heterocycles. The predicted octanol–water partition coefficient (Wildman–Crippen LogP) is 1.46. The molecule has 5 heteroatoms. The lowest BCUT2D eigenvalue weighted by Crippen LogP contribution is -2.37. The fourth-order valence-electron chi connectivity index (χ4n) is 1.70. The summed E-state index contributed by atoms with van der Waals surface area (Å²) in [7, 11) is 0. The first kappa shape index (κ1) is 9.71. The highest BCUT2D eigenvalue weighted by molar-refractivity contribution is 9.09. The van der Waals surface area contributed by atoms with Crippen LogP contribution < -0.4 is 5.32 Å². The molecular formula is C9H12BrN3O. The zero-order valence-electron chi connectivity index (χ0n) is 7.66. The van der Waals surface area contributed by atoms with Crippen LogP contribution in [0.15, 0.2) is 12.4 Å². The number of hydrogen-bond donors (Lipinski definition) is 2. The van der Waals surface area contributed by atoms with Crippen LogP contribution in [-0.4, -0.2) is 27.0 Å². The molecule has 14 heavy (non-hydrogen) atoms. The van der Waals surface area contributed by atoms with Gasteiger partial charge < -0.3 is 5.32 Å². The number of hydrogen-bond acceptors (Lipinski definition) is 2. The highest BCUT2D eigenvalue weighted by Gasteiger charge is 2.26. The van der Waals surface area contributed by atoms with Crippen molar-refractivity contribution in [3.05, 3.63) is 18.0 Å². The van der Waals surface area contributed by atoms with Crippen LogP contribution in [0.5, 0.6) is 0 Å². The molecule has 0 saturated heterocycles. The molecule has 0 radical (unpaired) electrons.